The molecule has 0 radical (unpaired) electrons. The molecule has 0 aliphatic rings. The summed E-state index contributed by atoms with van der Waals surface area (Å²) in [5, 5.41) is 7.19. The van der Waals surface area contributed by atoms with Crippen LogP contribution in [0.2, 0.25) is 0 Å². The van der Waals surface area contributed by atoms with Crippen LogP contribution in [0.15, 0.2) is 61.1 Å². The second-order valence-corrected chi connectivity index (χ2v) is 5.02. The highest BCUT2D eigenvalue weighted by atomic mass is 16.1. The number of aryl methyl sites for hydroxylation is 1. The van der Waals surface area contributed by atoms with E-state index in [0.717, 1.165) is 11.1 Å². The Hall–Kier alpha value is -2.95. The summed E-state index contributed by atoms with van der Waals surface area (Å²) in [6, 6.07) is 13.1. The topological polar surface area (TPSA) is 59.8 Å². The van der Waals surface area contributed by atoms with Crippen molar-refractivity contribution in [2.75, 3.05) is 5.32 Å². The second kappa shape index (κ2) is 6.22. The number of hydrogen-bond donors (Lipinski definition) is 1. The average Bonchev–Trinajstić information content (AvgIpc) is 2.95. The van der Waals surface area contributed by atoms with Crippen LogP contribution in [0.25, 0.3) is 0 Å². The van der Waals surface area contributed by atoms with Gasteiger partial charge in [0.1, 0.15) is 0 Å². The van der Waals surface area contributed by atoms with Gasteiger partial charge in [-0.2, -0.15) is 5.10 Å². The van der Waals surface area contributed by atoms with Crippen LogP contribution < -0.4 is 5.32 Å². The number of anilines is 1. The molecule has 0 fully saturated rings. The molecule has 1 amide bonds. The predicted octanol–water partition coefficient (Wildman–Crippen LogP) is 2.89. The molecule has 0 saturated carbocycles. The molecule has 22 heavy (non-hydrogen) atoms. The fourth-order valence-corrected chi connectivity index (χ4v) is 2.20. The highest BCUT2D eigenvalue weighted by molar-refractivity contribution is 6.04. The van der Waals surface area contributed by atoms with E-state index >= 15 is 0 Å². The number of pyridine rings is 1. The van der Waals surface area contributed by atoms with Crippen LogP contribution >= 0.6 is 0 Å². The lowest BCUT2D eigenvalue weighted by molar-refractivity contribution is 0.102. The Morgan fingerprint density at radius 3 is 2.68 bits per heavy atom. The van der Waals surface area contributed by atoms with Crippen LogP contribution in [-0.2, 0) is 6.54 Å². The van der Waals surface area contributed by atoms with E-state index in [1.807, 2.05) is 43.5 Å². The number of benzene rings is 1. The van der Waals surface area contributed by atoms with Crippen molar-refractivity contribution in [3.8, 4) is 0 Å². The molecule has 0 saturated heterocycles. The molecule has 5 heteroatoms. The molecule has 2 aromatic heterocycles. The minimum absolute atomic E-state index is 0.146. The summed E-state index contributed by atoms with van der Waals surface area (Å²) in [7, 11) is 0. The lowest BCUT2D eigenvalue weighted by atomic mass is 10.1. The van der Waals surface area contributed by atoms with Crippen molar-refractivity contribution in [1.29, 1.82) is 0 Å². The van der Waals surface area contributed by atoms with Gasteiger partial charge in [0, 0.05) is 30.2 Å². The van der Waals surface area contributed by atoms with Gasteiger partial charge in [0.05, 0.1) is 6.54 Å². The summed E-state index contributed by atoms with van der Waals surface area (Å²) in [6.07, 6.45) is 5.34. The molecule has 110 valence electrons. The Bertz CT molecular complexity index is 780. The quantitative estimate of drug-likeness (QED) is 0.804. The summed E-state index contributed by atoms with van der Waals surface area (Å²) in [4.78, 5) is 16.2. The third kappa shape index (κ3) is 3.20. The van der Waals surface area contributed by atoms with Crippen molar-refractivity contribution in [2.45, 2.75) is 13.5 Å². The molecule has 3 rings (SSSR count). The van der Waals surface area contributed by atoms with Gasteiger partial charge < -0.3 is 5.32 Å². The maximum atomic E-state index is 12.2. The Balaban J connectivity index is 1.69. The van der Waals surface area contributed by atoms with Crippen molar-refractivity contribution in [1.82, 2.24) is 14.8 Å². The van der Waals surface area contributed by atoms with Crippen molar-refractivity contribution >= 4 is 11.7 Å². The highest BCUT2D eigenvalue weighted by Gasteiger charge is 2.10. The van der Waals surface area contributed by atoms with Gasteiger partial charge in [0.25, 0.3) is 5.91 Å². The Labute approximate surface area is 128 Å². The summed E-state index contributed by atoms with van der Waals surface area (Å²) >= 11 is 0. The molecule has 0 spiro atoms. The molecule has 1 aromatic carbocycles. The highest BCUT2D eigenvalue weighted by Crippen LogP contribution is 2.11. The Kier molecular flexibility index (Phi) is 3.96. The second-order valence-electron chi connectivity index (χ2n) is 5.02. The summed E-state index contributed by atoms with van der Waals surface area (Å²) in [6.45, 7) is 2.56. The number of hydrogen-bond acceptors (Lipinski definition) is 3. The van der Waals surface area contributed by atoms with E-state index in [1.165, 1.54) is 0 Å². The molecule has 1 N–H and O–H groups in total. The number of nitrogens with zero attached hydrogens (tertiary/aromatic N) is 3. The van der Waals surface area contributed by atoms with E-state index in [9.17, 15) is 4.79 Å². The maximum absolute atomic E-state index is 12.2. The van der Waals surface area contributed by atoms with Gasteiger partial charge in [-0.1, -0.05) is 18.2 Å². The van der Waals surface area contributed by atoms with Gasteiger partial charge in [-0.3, -0.25) is 14.5 Å². The SMILES string of the molecule is Cc1ccccc1C(=O)Nc1ccn(Cc2ccncc2)n1. The lowest BCUT2D eigenvalue weighted by Gasteiger charge is -2.05. The van der Waals surface area contributed by atoms with Crippen LogP contribution in [0.3, 0.4) is 0 Å². The standard InChI is InChI=1S/C17H16N4O/c1-13-4-2-3-5-15(13)17(22)19-16-8-11-21(20-16)12-14-6-9-18-10-7-14/h2-11H,12H2,1H3,(H,19,20,22). The monoisotopic (exact) mass is 292 g/mol. The molecule has 0 bridgehead atoms. The lowest BCUT2D eigenvalue weighted by Crippen LogP contribution is -2.14. The van der Waals surface area contributed by atoms with E-state index in [-0.39, 0.29) is 5.91 Å². The molecule has 2 heterocycles. The molecule has 0 atom stereocenters. The van der Waals surface area contributed by atoms with Gasteiger partial charge >= 0.3 is 0 Å². The van der Waals surface area contributed by atoms with Crippen LogP contribution in [0, 0.1) is 6.92 Å². The summed E-state index contributed by atoms with van der Waals surface area (Å²) in [5.74, 6) is 0.398. The maximum Gasteiger partial charge on any atom is 0.257 e. The van der Waals surface area contributed by atoms with Gasteiger partial charge in [-0.15, -0.1) is 0 Å². The van der Waals surface area contributed by atoms with E-state index in [2.05, 4.69) is 15.4 Å². The largest absolute Gasteiger partial charge is 0.305 e. The van der Waals surface area contributed by atoms with Gasteiger partial charge in [0.15, 0.2) is 5.82 Å². The molecule has 3 aromatic rings. The van der Waals surface area contributed by atoms with Crippen molar-refractivity contribution < 1.29 is 4.79 Å². The van der Waals surface area contributed by atoms with Gasteiger partial charge in [-0.25, -0.2) is 0 Å². The number of carbonyl (C=O) groups is 1. The van der Waals surface area contributed by atoms with E-state index in [0.29, 0.717) is 17.9 Å². The minimum atomic E-state index is -0.146. The van der Waals surface area contributed by atoms with E-state index in [1.54, 1.807) is 29.2 Å². The normalized spacial score (nSPS) is 10.4. The first-order valence-electron chi connectivity index (χ1n) is 7.02. The third-order valence-corrected chi connectivity index (χ3v) is 3.37. The predicted molar refractivity (Wildman–Crippen MR) is 84.7 cm³/mol. The van der Waals surface area contributed by atoms with Gasteiger partial charge in [0.2, 0.25) is 0 Å². The Morgan fingerprint density at radius 2 is 1.91 bits per heavy atom. The first kappa shape index (κ1) is 14.0. The number of nitrogens with one attached hydrogen (secondary N) is 1. The fraction of sp³-hybridized carbons (Fsp3) is 0.118. The number of carbonyl (C=O) groups excluding carboxylic acids is 1. The molecule has 0 aliphatic carbocycles. The summed E-state index contributed by atoms with van der Waals surface area (Å²) in [5.41, 5.74) is 2.71. The first-order chi connectivity index (χ1) is 10.7. The zero-order valence-electron chi connectivity index (χ0n) is 12.2. The zero-order chi connectivity index (χ0) is 15.4. The Morgan fingerprint density at radius 1 is 1.14 bits per heavy atom. The first-order valence-corrected chi connectivity index (χ1v) is 7.02. The zero-order valence-corrected chi connectivity index (χ0v) is 12.2. The van der Waals surface area contributed by atoms with Crippen molar-refractivity contribution in [3.63, 3.8) is 0 Å². The van der Waals surface area contributed by atoms with Crippen LogP contribution in [-0.4, -0.2) is 20.7 Å². The van der Waals surface area contributed by atoms with Crippen LogP contribution in [0.5, 0.6) is 0 Å². The average molecular weight is 292 g/mol. The number of aromatic nitrogens is 3. The fourth-order valence-electron chi connectivity index (χ4n) is 2.20. The molecule has 0 unspecified atom stereocenters. The molecular weight excluding hydrogens is 276 g/mol. The van der Waals surface area contributed by atoms with E-state index in [4.69, 9.17) is 0 Å². The molecule has 5 nitrogen and oxygen atoms in total. The number of amides is 1. The van der Waals surface area contributed by atoms with E-state index < -0.39 is 0 Å². The van der Waals surface area contributed by atoms with Crippen LogP contribution in [0.1, 0.15) is 21.5 Å². The van der Waals surface area contributed by atoms with Crippen molar-refractivity contribution in [3.05, 3.63) is 77.7 Å². The number of rotatable bonds is 4. The van der Waals surface area contributed by atoms with Gasteiger partial charge in [-0.05, 0) is 36.2 Å². The third-order valence-electron chi connectivity index (χ3n) is 3.37. The smallest absolute Gasteiger partial charge is 0.257 e. The molecule has 0 aliphatic heterocycles. The van der Waals surface area contributed by atoms with Crippen LogP contribution in [0.4, 0.5) is 5.82 Å². The molecular formula is C17H16N4O. The minimum Gasteiger partial charge on any atom is -0.305 e. The van der Waals surface area contributed by atoms with Crippen molar-refractivity contribution in [2.24, 2.45) is 0 Å². The summed E-state index contributed by atoms with van der Waals surface area (Å²) < 4.78 is 1.78.